The molecule has 1 amide bonds. The molecule has 3 nitrogen and oxygen atoms in total. The van der Waals surface area contributed by atoms with E-state index in [0.717, 1.165) is 18.7 Å². The molecule has 0 aliphatic carbocycles. The van der Waals surface area contributed by atoms with E-state index < -0.39 is 5.92 Å². The van der Waals surface area contributed by atoms with Gasteiger partial charge in [0.1, 0.15) is 5.92 Å². The summed E-state index contributed by atoms with van der Waals surface area (Å²) < 4.78 is 0. The molecule has 0 saturated carbocycles. The average Bonchev–Trinajstić information content (AvgIpc) is 2.80. The highest BCUT2D eigenvalue weighted by Crippen LogP contribution is 2.38. The highest BCUT2D eigenvalue weighted by Gasteiger charge is 2.42. The molecule has 14 heavy (non-hydrogen) atoms. The molecule has 2 saturated heterocycles. The number of fused-ring (bicyclic) bond motifs is 2. The molecular weight excluding hydrogens is 196 g/mol. The molecule has 3 atom stereocenters. The van der Waals surface area contributed by atoms with Crippen LogP contribution in [0.4, 0.5) is 0 Å². The lowest BCUT2D eigenvalue weighted by atomic mass is 10.1. The second-order valence-electron chi connectivity index (χ2n) is 3.93. The maximum Gasteiger partial charge on any atom is 0.240 e. The van der Waals surface area contributed by atoms with Crippen molar-refractivity contribution in [2.24, 2.45) is 5.92 Å². The van der Waals surface area contributed by atoms with Crippen LogP contribution in [0.15, 0.2) is 0 Å². The first-order valence-electron chi connectivity index (χ1n) is 5.08. The van der Waals surface area contributed by atoms with E-state index in [9.17, 15) is 4.79 Å². The van der Waals surface area contributed by atoms with Gasteiger partial charge in [-0.3, -0.25) is 4.79 Å². The Balaban J connectivity index is 2.03. The third-order valence-corrected chi connectivity index (χ3v) is 4.44. The van der Waals surface area contributed by atoms with Crippen molar-refractivity contribution < 1.29 is 4.79 Å². The quantitative estimate of drug-likeness (QED) is 0.689. The SMILES string of the molecule is CCC(C#N)C(=O)N1CC2CC1CS2. The highest BCUT2D eigenvalue weighted by molar-refractivity contribution is 8.00. The second-order valence-corrected chi connectivity index (χ2v) is 5.26. The molecule has 4 heteroatoms. The van der Waals surface area contributed by atoms with Gasteiger partial charge in [-0.15, -0.1) is 0 Å². The predicted octanol–water partition coefficient (Wildman–Crippen LogP) is 1.25. The van der Waals surface area contributed by atoms with Crippen LogP contribution in [0.1, 0.15) is 19.8 Å². The number of thioether (sulfide) groups is 1. The number of hydrogen-bond donors (Lipinski definition) is 0. The Bertz CT molecular complexity index is 286. The summed E-state index contributed by atoms with van der Waals surface area (Å²) in [5.41, 5.74) is 0. The van der Waals surface area contributed by atoms with Crippen LogP contribution in [-0.4, -0.2) is 34.4 Å². The van der Waals surface area contributed by atoms with E-state index in [4.69, 9.17) is 5.26 Å². The van der Waals surface area contributed by atoms with Crippen LogP contribution in [0.3, 0.4) is 0 Å². The van der Waals surface area contributed by atoms with Crippen molar-refractivity contribution in [3.05, 3.63) is 0 Å². The highest BCUT2D eigenvalue weighted by atomic mass is 32.2. The molecule has 0 N–H and O–H groups in total. The monoisotopic (exact) mass is 210 g/mol. The number of nitriles is 1. The molecular formula is C10H14N2OS. The third kappa shape index (κ3) is 1.50. The Labute approximate surface area is 88.4 Å². The van der Waals surface area contributed by atoms with Crippen LogP contribution < -0.4 is 0 Å². The first-order valence-corrected chi connectivity index (χ1v) is 6.12. The van der Waals surface area contributed by atoms with Gasteiger partial charge in [0, 0.05) is 23.6 Å². The maximum absolute atomic E-state index is 11.9. The molecule has 0 aromatic heterocycles. The van der Waals surface area contributed by atoms with Crippen molar-refractivity contribution in [3.63, 3.8) is 0 Å². The first-order chi connectivity index (χ1) is 6.76. The number of rotatable bonds is 2. The van der Waals surface area contributed by atoms with Crippen molar-refractivity contribution >= 4 is 17.7 Å². The van der Waals surface area contributed by atoms with E-state index in [1.165, 1.54) is 0 Å². The number of amides is 1. The molecule has 0 radical (unpaired) electrons. The zero-order valence-corrected chi connectivity index (χ0v) is 9.09. The zero-order valence-electron chi connectivity index (χ0n) is 8.27. The Kier molecular flexibility index (Phi) is 2.69. The number of nitrogens with zero attached hydrogens (tertiary/aromatic N) is 2. The molecule has 2 aliphatic heterocycles. The van der Waals surface area contributed by atoms with E-state index in [0.29, 0.717) is 17.7 Å². The molecule has 2 heterocycles. The topological polar surface area (TPSA) is 44.1 Å². The number of likely N-dealkylation sites (tertiary alicyclic amines) is 1. The minimum Gasteiger partial charge on any atom is -0.337 e. The van der Waals surface area contributed by atoms with Gasteiger partial charge in [0.25, 0.3) is 0 Å². The van der Waals surface area contributed by atoms with E-state index in [1.54, 1.807) is 0 Å². The molecule has 3 unspecified atom stereocenters. The summed E-state index contributed by atoms with van der Waals surface area (Å²) in [6.07, 6.45) is 1.77. The van der Waals surface area contributed by atoms with Crippen molar-refractivity contribution in [2.45, 2.75) is 31.1 Å². The van der Waals surface area contributed by atoms with Crippen molar-refractivity contribution in [1.29, 1.82) is 5.26 Å². The fourth-order valence-electron chi connectivity index (χ4n) is 2.19. The molecule has 0 aromatic rings. The van der Waals surface area contributed by atoms with Crippen LogP contribution in [0.25, 0.3) is 0 Å². The van der Waals surface area contributed by atoms with Gasteiger partial charge in [0.2, 0.25) is 5.91 Å². The molecule has 2 rings (SSSR count). The van der Waals surface area contributed by atoms with Gasteiger partial charge in [-0.05, 0) is 12.8 Å². The minimum absolute atomic E-state index is 0.0581. The summed E-state index contributed by atoms with van der Waals surface area (Å²) in [5, 5.41) is 9.46. The largest absolute Gasteiger partial charge is 0.337 e. The normalized spacial score (nSPS) is 31.6. The summed E-state index contributed by atoms with van der Waals surface area (Å²) in [6, 6.07) is 2.51. The Morgan fingerprint density at radius 3 is 3.00 bits per heavy atom. The van der Waals surface area contributed by atoms with Crippen molar-refractivity contribution in [3.8, 4) is 6.07 Å². The smallest absolute Gasteiger partial charge is 0.240 e. The van der Waals surface area contributed by atoms with Crippen LogP contribution in [-0.2, 0) is 4.79 Å². The van der Waals surface area contributed by atoms with Crippen LogP contribution >= 0.6 is 11.8 Å². The summed E-state index contributed by atoms with van der Waals surface area (Å²) in [5.74, 6) is 0.709. The summed E-state index contributed by atoms with van der Waals surface area (Å²) in [7, 11) is 0. The van der Waals surface area contributed by atoms with Gasteiger partial charge in [-0.1, -0.05) is 6.92 Å². The molecule has 2 aliphatic rings. The van der Waals surface area contributed by atoms with Crippen molar-refractivity contribution in [1.82, 2.24) is 4.90 Å². The maximum atomic E-state index is 11.9. The number of carbonyl (C=O) groups is 1. The molecule has 0 aromatic carbocycles. The van der Waals surface area contributed by atoms with Crippen LogP contribution in [0.5, 0.6) is 0 Å². The molecule has 2 bridgehead atoms. The zero-order chi connectivity index (χ0) is 10.1. The number of hydrogen-bond acceptors (Lipinski definition) is 3. The Hall–Kier alpha value is -0.690. The lowest BCUT2D eigenvalue weighted by Crippen LogP contribution is -2.42. The van der Waals surface area contributed by atoms with Gasteiger partial charge in [-0.2, -0.15) is 17.0 Å². The summed E-state index contributed by atoms with van der Waals surface area (Å²) in [4.78, 5) is 13.8. The average molecular weight is 210 g/mol. The standard InChI is InChI=1S/C10H14N2OS/c1-2-7(4-11)10(13)12-5-9-3-8(12)6-14-9/h7-9H,2-3,5-6H2,1H3. The fraction of sp³-hybridized carbons (Fsp3) is 0.800. The molecule has 0 spiro atoms. The van der Waals surface area contributed by atoms with E-state index in [2.05, 4.69) is 6.07 Å². The van der Waals surface area contributed by atoms with Gasteiger partial charge in [0.15, 0.2) is 0 Å². The summed E-state index contributed by atoms with van der Waals surface area (Å²) >= 11 is 1.96. The minimum atomic E-state index is -0.417. The van der Waals surface area contributed by atoms with E-state index in [-0.39, 0.29) is 5.91 Å². The Morgan fingerprint density at radius 2 is 2.57 bits per heavy atom. The number of carbonyl (C=O) groups excluding carboxylic acids is 1. The fourth-order valence-corrected chi connectivity index (χ4v) is 3.63. The predicted molar refractivity (Wildman–Crippen MR) is 55.8 cm³/mol. The molecule has 76 valence electrons. The summed E-state index contributed by atoms with van der Waals surface area (Å²) in [6.45, 7) is 2.77. The van der Waals surface area contributed by atoms with E-state index >= 15 is 0 Å². The lowest BCUT2D eigenvalue weighted by Gasteiger charge is -2.28. The molecule has 2 fully saturated rings. The second kappa shape index (κ2) is 3.82. The van der Waals surface area contributed by atoms with Crippen LogP contribution in [0, 0.1) is 17.2 Å². The first kappa shape index (κ1) is 9.85. The van der Waals surface area contributed by atoms with E-state index in [1.807, 2.05) is 23.6 Å². The van der Waals surface area contributed by atoms with Gasteiger partial charge in [-0.25, -0.2) is 0 Å². The van der Waals surface area contributed by atoms with Gasteiger partial charge < -0.3 is 4.90 Å². The third-order valence-electron chi connectivity index (χ3n) is 3.05. The van der Waals surface area contributed by atoms with Gasteiger partial charge >= 0.3 is 0 Å². The van der Waals surface area contributed by atoms with Gasteiger partial charge in [0.05, 0.1) is 6.07 Å². The lowest BCUT2D eigenvalue weighted by molar-refractivity contribution is -0.134. The Morgan fingerprint density at radius 1 is 1.79 bits per heavy atom. The van der Waals surface area contributed by atoms with Crippen LogP contribution in [0.2, 0.25) is 0 Å². The van der Waals surface area contributed by atoms with Crippen molar-refractivity contribution in [2.75, 3.05) is 12.3 Å².